The Hall–Kier alpha value is -2.66. The molecular weight excluding hydrogens is 458 g/mol. The first-order valence-electron chi connectivity index (χ1n) is 9.83. The Morgan fingerprint density at radius 2 is 1.78 bits per heavy atom. The second kappa shape index (κ2) is 9.45. The van der Waals surface area contributed by atoms with Gasteiger partial charge in [-0.3, -0.25) is 4.79 Å². The van der Waals surface area contributed by atoms with Crippen LogP contribution in [0.1, 0.15) is 15.2 Å². The van der Waals surface area contributed by atoms with Crippen molar-refractivity contribution in [1.29, 1.82) is 0 Å². The summed E-state index contributed by atoms with van der Waals surface area (Å²) in [5, 5.41) is 1.87. The van der Waals surface area contributed by atoms with Crippen molar-refractivity contribution in [2.75, 3.05) is 31.2 Å². The van der Waals surface area contributed by atoms with Gasteiger partial charge < -0.3 is 9.64 Å². The minimum Gasteiger partial charge on any atom is -0.379 e. The number of morpholine rings is 1. The average Bonchev–Trinajstić information content (AvgIpc) is 3.32. The molecule has 0 atom stereocenters. The first-order chi connectivity index (χ1) is 15.4. The van der Waals surface area contributed by atoms with E-state index in [1.54, 1.807) is 0 Å². The SMILES string of the molecule is O=C(c1ccc(F)c(S(=O)(=O)N2CCOCC2)c1)N(Cc1cccs1)c1ccc(F)cc1. The van der Waals surface area contributed by atoms with Crippen LogP contribution in [0.15, 0.2) is 64.9 Å². The highest BCUT2D eigenvalue weighted by Crippen LogP contribution is 2.26. The van der Waals surface area contributed by atoms with Gasteiger partial charge in [0.2, 0.25) is 10.0 Å². The number of thiophene rings is 1. The maximum absolute atomic E-state index is 14.6. The van der Waals surface area contributed by atoms with Crippen LogP contribution in [0.25, 0.3) is 0 Å². The molecule has 0 spiro atoms. The molecule has 0 radical (unpaired) electrons. The third-order valence-corrected chi connectivity index (χ3v) is 7.82. The van der Waals surface area contributed by atoms with Crippen molar-refractivity contribution in [2.45, 2.75) is 11.4 Å². The summed E-state index contributed by atoms with van der Waals surface area (Å²) in [4.78, 5) is 15.1. The van der Waals surface area contributed by atoms with Crippen LogP contribution in [0, 0.1) is 11.6 Å². The lowest BCUT2D eigenvalue weighted by atomic mass is 10.1. The lowest BCUT2D eigenvalue weighted by Gasteiger charge is -2.26. The second-order valence-electron chi connectivity index (χ2n) is 7.11. The molecule has 1 saturated heterocycles. The zero-order valence-corrected chi connectivity index (χ0v) is 18.5. The summed E-state index contributed by atoms with van der Waals surface area (Å²) in [7, 11) is -4.13. The van der Waals surface area contributed by atoms with Crippen LogP contribution in [-0.4, -0.2) is 44.9 Å². The maximum Gasteiger partial charge on any atom is 0.258 e. The van der Waals surface area contributed by atoms with E-state index >= 15 is 0 Å². The Bertz CT molecular complexity index is 1190. The molecule has 0 unspecified atom stereocenters. The number of anilines is 1. The number of rotatable bonds is 6. The Kier molecular flexibility index (Phi) is 6.66. The molecule has 2 aromatic carbocycles. The van der Waals surface area contributed by atoms with Gasteiger partial charge in [0.25, 0.3) is 5.91 Å². The average molecular weight is 479 g/mol. The number of amides is 1. The van der Waals surface area contributed by atoms with Crippen LogP contribution >= 0.6 is 11.3 Å². The van der Waals surface area contributed by atoms with Crippen molar-refractivity contribution < 1.29 is 26.7 Å². The molecule has 4 rings (SSSR count). The predicted molar refractivity (Wildman–Crippen MR) is 117 cm³/mol. The maximum atomic E-state index is 14.6. The third kappa shape index (κ3) is 4.73. The first kappa shape index (κ1) is 22.5. The quantitative estimate of drug-likeness (QED) is 0.539. The van der Waals surface area contributed by atoms with E-state index in [2.05, 4.69) is 0 Å². The van der Waals surface area contributed by atoms with Crippen molar-refractivity contribution in [3.8, 4) is 0 Å². The molecule has 3 aromatic rings. The molecule has 1 amide bonds. The van der Waals surface area contributed by atoms with E-state index < -0.39 is 32.5 Å². The highest BCUT2D eigenvalue weighted by molar-refractivity contribution is 7.89. The van der Waals surface area contributed by atoms with Crippen molar-refractivity contribution in [3.05, 3.63) is 82.1 Å². The normalized spacial score (nSPS) is 14.9. The van der Waals surface area contributed by atoms with Crippen LogP contribution in [0.2, 0.25) is 0 Å². The number of hydrogen-bond donors (Lipinski definition) is 0. The summed E-state index contributed by atoms with van der Waals surface area (Å²) in [5.41, 5.74) is 0.450. The fraction of sp³-hybridized carbons (Fsp3) is 0.227. The van der Waals surface area contributed by atoms with Crippen molar-refractivity contribution in [3.63, 3.8) is 0 Å². The zero-order valence-electron chi connectivity index (χ0n) is 16.9. The van der Waals surface area contributed by atoms with Crippen LogP contribution in [-0.2, 0) is 21.3 Å². The molecule has 0 bridgehead atoms. The molecule has 0 saturated carbocycles. The Labute approximate surface area is 188 Å². The van der Waals surface area contributed by atoms with Gasteiger partial charge in [-0.2, -0.15) is 4.31 Å². The second-order valence-corrected chi connectivity index (χ2v) is 10.0. The fourth-order valence-corrected chi connectivity index (χ4v) is 5.57. The largest absolute Gasteiger partial charge is 0.379 e. The van der Waals surface area contributed by atoms with Gasteiger partial charge in [-0.15, -0.1) is 11.3 Å². The highest BCUT2D eigenvalue weighted by Gasteiger charge is 2.30. The predicted octanol–water partition coefficient (Wildman–Crippen LogP) is 3.89. The number of benzene rings is 2. The number of carbonyl (C=O) groups is 1. The van der Waals surface area contributed by atoms with Crippen LogP contribution < -0.4 is 4.90 Å². The van der Waals surface area contributed by atoms with Crippen molar-refractivity contribution >= 4 is 33.0 Å². The number of carbonyl (C=O) groups excluding carboxylic acids is 1. The molecule has 6 nitrogen and oxygen atoms in total. The van der Waals surface area contributed by atoms with Gasteiger partial charge in [0, 0.05) is 29.2 Å². The van der Waals surface area contributed by atoms with Gasteiger partial charge in [0.1, 0.15) is 16.5 Å². The van der Waals surface area contributed by atoms with Crippen LogP contribution in [0.3, 0.4) is 0 Å². The molecule has 0 aliphatic carbocycles. The van der Waals surface area contributed by atoms with Crippen molar-refractivity contribution in [2.24, 2.45) is 0 Å². The summed E-state index contributed by atoms with van der Waals surface area (Å²) < 4.78 is 60.3. The molecule has 32 heavy (non-hydrogen) atoms. The van der Waals surface area contributed by atoms with E-state index in [1.165, 1.54) is 46.6 Å². The Morgan fingerprint density at radius 1 is 1.06 bits per heavy atom. The lowest BCUT2D eigenvalue weighted by molar-refractivity contribution is 0.0729. The van der Waals surface area contributed by atoms with Gasteiger partial charge in [0.05, 0.1) is 19.8 Å². The molecule has 1 aliphatic heterocycles. The number of ether oxygens (including phenoxy) is 1. The molecule has 1 aromatic heterocycles. The molecule has 168 valence electrons. The molecule has 1 aliphatic rings. The van der Waals surface area contributed by atoms with E-state index in [0.717, 1.165) is 21.3 Å². The van der Waals surface area contributed by atoms with E-state index in [-0.39, 0.29) is 38.4 Å². The first-order valence-corrected chi connectivity index (χ1v) is 12.2. The van der Waals surface area contributed by atoms with Gasteiger partial charge in [-0.25, -0.2) is 17.2 Å². The monoisotopic (exact) mass is 478 g/mol. The van der Waals surface area contributed by atoms with Crippen LogP contribution in [0.4, 0.5) is 14.5 Å². The number of sulfonamides is 1. The Balaban J connectivity index is 1.71. The van der Waals surface area contributed by atoms with E-state index in [9.17, 15) is 22.0 Å². The van der Waals surface area contributed by atoms with Crippen molar-refractivity contribution in [1.82, 2.24) is 4.31 Å². The van der Waals surface area contributed by atoms with Gasteiger partial charge in [-0.1, -0.05) is 6.07 Å². The smallest absolute Gasteiger partial charge is 0.258 e. The summed E-state index contributed by atoms with van der Waals surface area (Å²) in [5.74, 6) is -1.90. The number of nitrogens with zero attached hydrogens (tertiary/aromatic N) is 2. The zero-order chi connectivity index (χ0) is 22.7. The summed E-state index contributed by atoms with van der Waals surface area (Å²) in [6, 6.07) is 12.4. The minimum absolute atomic E-state index is 0.0131. The molecule has 2 heterocycles. The fourth-order valence-electron chi connectivity index (χ4n) is 3.38. The van der Waals surface area contributed by atoms with Crippen LogP contribution in [0.5, 0.6) is 0 Å². The summed E-state index contributed by atoms with van der Waals surface area (Å²) in [6.45, 7) is 0.863. The third-order valence-electron chi connectivity index (χ3n) is 5.04. The number of hydrogen-bond acceptors (Lipinski definition) is 5. The minimum atomic E-state index is -4.13. The lowest BCUT2D eigenvalue weighted by Crippen LogP contribution is -2.41. The summed E-state index contributed by atoms with van der Waals surface area (Å²) in [6.07, 6.45) is 0. The van der Waals surface area contributed by atoms with E-state index in [0.29, 0.717) is 5.69 Å². The van der Waals surface area contributed by atoms with E-state index in [4.69, 9.17) is 4.74 Å². The van der Waals surface area contributed by atoms with E-state index in [1.807, 2.05) is 17.5 Å². The Morgan fingerprint density at radius 3 is 2.44 bits per heavy atom. The standard InChI is InChI=1S/C22H20F2N2O4S2/c23-17-4-6-18(7-5-17)26(15-19-2-1-13-31-19)22(27)16-3-8-20(24)21(14-16)32(28,29)25-9-11-30-12-10-25/h1-8,13-14H,9-12,15H2. The van der Waals surface area contributed by atoms with Gasteiger partial charge in [0.15, 0.2) is 0 Å². The topological polar surface area (TPSA) is 66.9 Å². The van der Waals surface area contributed by atoms with Gasteiger partial charge >= 0.3 is 0 Å². The molecular formula is C22H20F2N2O4S2. The summed E-state index contributed by atoms with van der Waals surface area (Å²) >= 11 is 1.45. The number of halogens is 2. The van der Waals surface area contributed by atoms with Gasteiger partial charge in [-0.05, 0) is 53.9 Å². The molecule has 0 N–H and O–H groups in total. The molecule has 1 fully saturated rings. The highest BCUT2D eigenvalue weighted by atomic mass is 32.2. The molecule has 10 heteroatoms.